The van der Waals surface area contributed by atoms with Crippen LogP contribution in [-0.4, -0.2) is 25.0 Å². The minimum absolute atomic E-state index is 0.898. The van der Waals surface area contributed by atoms with Gasteiger partial charge in [-0.15, -0.1) is 0 Å². The molecule has 0 saturated heterocycles. The summed E-state index contributed by atoms with van der Waals surface area (Å²) < 4.78 is 0. The lowest BCUT2D eigenvalue weighted by Crippen LogP contribution is -2.60. The molecule has 3 aliphatic rings. The molecule has 0 amide bonds. The Balaban J connectivity index is 1.94. The fourth-order valence-corrected chi connectivity index (χ4v) is 1.88. The maximum absolute atomic E-state index is 2.34. The van der Waals surface area contributed by atoms with E-state index >= 15 is 0 Å². The molecule has 1 nitrogen and oxygen atoms in total. The first-order valence-corrected chi connectivity index (χ1v) is 3.30. The molecule has 0 aromatic carbocycles. The van der Waals surface area contributed by atoms with Crippen LogP contribution in [0.5, 0.6) is 0 Å². The summed E-state index contributed by atoms with van der Waals surface area (Å²) in [6.45, 7) is 0. The largest absolute Gasteiger partial charge is 0.306 e. The Morgan fingerprint density at radius 1 is 1.38 bits per heavy atom. The number of nitrogens with zero attached hydrogens (tertiary/aromatic N) is 1. The van der Waals surface area contributed by atoms with Crippen LogP contribution in [0, 0.1) is 11.8 Å². The van der Waals surface area contributed by atoms with E-state index in [4.69, 9.17) is 0 Å². The lowest BCUT2D eigenvalue weighted by molar-refractivity contribution is 0.0323. The molecule has 1 atom stereocenters. The summed E-state index contributed by atoms with van der Waals surface area (Å²) in [5, 5.41) is 0. The molecule has 3 aliphatic carbocycles. The van der Waals surface area contributed by atoms with E-state index in [1.807, 2.05) is 0 Å². The summed E-state index contributed by atoms with van der Waals surface area (Å²) in [6.07, 6.45) is 2.89. The van der Waals surface area contributed by atoms with Crippen LogP contribution in [0.4, 0.5) is 0 Å². The normalized spacial score (nSPS) is 43.9. The van der Waals surface area contributed by atoms with Gasteiger partial charge in [0.1, 0.15) is 0 Å². The average Bonchev–Trinajstić information content (AvgIpc) is 1.14. The van der Waals surface area contributed by atoms with Crippen molar-refractivity contribution in [1.29, 1.82) is 0 Å². The minimum atomic E-state index is 0.898. The average molecular weight is 110 g/mol. The molecule has 2 bridgehead atoms. The van der Waals surface area contributed by atoms with Gasteiger partial charge in [0.05, 0.1) is 0 Å². The standard InChI is InChI=1S/C7H12N/c1-8(2)7-5-3-6(7)4-5/h5,7H,3-4H2,1-2H3. The highest BCUT2D eigenvalue weighted by Gasteiger charge is 2.53. The molecule has 8 heavy (non-hydrogen) atoms. The maximum atomic E-state index is 2.34. The van der Waals surface area contributed by atoms with Crippen molar-refractivity contribution in [1.82, 2.24) is 4.90 Å². The Hall–Kier alpha value is -0.0400. The molecular formula is C7H12N. The molecule has 1 heteroatoms. The zero-order valence-corrected chi connectivity index (χ0v) is 5.52. The number of hydrogen-bond donors (Lipinski definition) is 0. The Morgan fingerprint density at radius 2 is 1.88 bits per heavy atom. The van der Waals surface area contributed by atoms with Crippen molar-refractivity contribution >= 4 is 0 Å². The van der Waals surface area contributed by atoms with Gasteiger partial charge in [-0.25, -0.2) is 0 Å². The van der Waals surface area contributed by atoms with Crippen molar-refractivity contribution in [2.24, 2.45) is 5.92 Å². The summed E-state index contributed by atoms with van der Waals surface area (Å²) >= 11 is 0. The third kappa shape index (κ3) is 0.368. The molecule has 1 unspecified atom stereocenters. The van der Waals surface area contributed by atoms with Gasteiger partial charge in [-0.3, -0.25) is 0 Å². The summed E-state index contributed by atoms with van der Waals surface area (Å²) in [6, 6.07) is 0.898. The molecule has 3 rings (SSSR count). The molecular weight excluding hydrogens is 98.1 g/mol. The van der Waals surface area contributed by atoms with E-state index in [1.54, 1.807) is 5.92 Å². The summed E-state index contributed by atoms with van der Waals surface area (Å²) in [7, 11) is 4.35. The quantitative estimate of drug-likeness (QED) is 0.485. The second-order valence-corrected chi connectivity index (χ2v) is 3.24. The van der Waals surface area contributed by atoms with Crippen molar-refractivity contribution in [2.45, 2.75) is 18.9 Å². The summed E-state index contributed by atoms with van der Waals surface area (Å²) in [5.41, 5.74) is 0. The molecule has 0 N–H and O–H groups in total. The molecule has 0 heterocycles. The molecule has 3 fully saturated rings. The van der Waals surface area contributed by atoms with Crippen molar-refractivity contribution in [3.63, 3.8) is 0 Å². The van der Waals surface area contributed by atoms with Crippen molar-refractivity contribution in [2.75, 3.05) is 14.1 Å². The Bertz CT molecular complexity index is 92.2. The lowest BCUT2D eigenvalue weighted by Gasteiger charge is -2.60. The first-order chi connectivity index (χ1) is 3.79. The molecule has 45 valence electrons. The van der Waals surface area contributed by atoms with Crippen LogP contribution >= 0.6 is 0 Å². The van der Waals surface area contributed by atoms with Gasteiger partial charge in [-0.2, -0.15) is 0 Å². The first-order valence-electron chi connectivity index (χ1n) is 3.30. The second kappa shape index (κ2) is 1.27. The van der Waals surface area contributed by atoms with Crippen LogP contribution in [0.1, 0.15) is 12.8 Å². The van der Waals surface area contributed by atoms with E-state index in [9.17, 15) is 0 Å². The Labute approximate surface area is 50.7 Å². The van der Waals surface area contributed by atoms with E-state index < -0.39 is 0 Å². The van der Waals surface area contributed by atoms with Gasteiger partial charge in [0, 0.05) is 6.04 Å². The van der Waals surface area contributed by atoms with Crippen molar-refractivity contribution in [3.05, 3.63) is 5.92 Å². The smallest absolute Gasteiger partial charge is 0.0180 e. The first kappa shape index (κ1) is 4.80. The monoisotopic (exact) mass is 110 g/mol. The van der Waals surface area contributed by atoms with E-state index in [0.717, 1.165) is 12.0 Å². The molecule has 0 aliphatic heterocycles. The topological polar surface area (TPSA) is 3.24 Å². The van der Waals surface area contributed by atoms with Crippen LogP contribution in [0.2, 0.25) is 0 Å². The highest BCUT2D eigenvalue weighted by molar-refractivity contribution is 5.28. The minimum Gasteiger partial charge on any atom is -0.306 e. The maximum Gasteiger partial charge on any atom is 0.0180 e. The fraction of sp³-hybridized carbons (Fsp3) is 0.857. The highest BCUT2D eigenvalue weighted by atomic mass is 15.1. The van der Waals surface area contributed by atoms with Crippen LogP contribution in [0.3, 0.4) is 0 Å². The van der Waals surface area contributed by atoms with E-state index in [1.165, 1.54) is 12.8 Å². The predicted molar refractivity (Wildman–Crippen MR) is 33.4 cm³/mol. The Kier molecular flexibility index (Phi) is 0.762. The molecule has 3 saturated carbocycles. The molecule has 1 radical (unpaired) electrons. The van der Waals surface area contributed by atoms with Crippen LogP contribution < -0.4 is 0 Å². The number of rotatable bonds is 1. The highest BCUT2D eigenvalue weighted by Crippen LogP contribution is 2.57. The van der Waals surface area contributed by atoms with Crippen molar-refractivity contribution in [3.8, 4) is 0 Å². The fourth-order valence-electron chi connectivity index (χ4n) is 1.88. The summed E-state index contributed by atoms with van der Waals surface area (Å²) in [5.74, 6) is 2.85. The predicted octanol–water partition coefficient (Wildman–Crippen LogP) is 0.915. The van der Waals surface area contributed by atoms with E-state index in [2.05, 4.69) is 19.0 Å². The van der Waals surface area contributed by atoms with Gasteiger partial charge in [-0.05, 0) is 38.8 Å². The summed E-state index contributed by atoms with van der Waals surface area (Å²) in [4.78, 5) is 2.34. The van der Waals surface area contributed by atoms with Gasteiger partial charge >= 0.3 is 0 Å². The van der Waals surface area contributed by atoms with Gasteiger partial charge < -0.3 is 4.90 Å². The van der Waals surface area contributed by atoms with Crippen LogP contribution in [-0.2, 0) is 0 Å². The zero-order valence-electron chi connectivity index (χ0n) is 5.52. The lowest BCUT2D eigenvalue weighted by atomic mass is 9.51. The van der Waals surface area contributed by atoms with Gasteiger partial charge in [0.15, 0.2) is 0 Å². The molecule has 0 spiro atoms. The number of hydrogen-bond acceptors (Lipinski definition) is 1. The van der Waals surface area contributed by atoms with Gasteiger partial charge in [-0.1, -0.05) is 0 Å². The van der Waals surface area contributed by atoms with E-state index in [0.29, 0.717) is 0 Å². The molecule has 0 aromatic rings. The van der Waals surface area contributed by atoms with Crippen LogP contribution in [0.15, 0.2) is 0 Å². The third-order valence-electron chi connectivity index (χ3n) is 2.47. The molecule has 0 aromatic heterocycles. The van der Waals surface area contributed by atoms with E-state index in [-0.39, 0.29) is 0 Å². The Morgan fingerprint density at radius 3 is 1.88 bits per heavy atom. The van der Waals surface area contributed by atoms with Gasteiger partial charge in [0.25, 0.3) is 0 Å². The zero-order chi connectivity index (χ0) is 5.72. The van der Waals surface area contributed by atoms with Crippen LogP contribution in [0.25, 0.3) is 0 Å². The van der Waals surface area contributed by atoms with Crippen molar-refractivity contribution < 1.29 is 0 Å². The third-order valence-corrected chi connectivity index (χ3v) is 2.47. The SMILES string of the molecule is CN(C)C1[C]2CC1C2. The second-order valence-electron chi connectivity index (χ2n) is 3.24. The van der Waals surface area contributed by atoms with Gasteiger partial charge in [0.2, 0.25) is 0 Å².